The van der Waals surface area contributed by atoms with E-state index >= 15 is 0 Å². The molecule has 106 valence electrons. The summed E-state index contributed by atoms with van der Waals surface area (Å²) in [7, 11) is 0. The maximum Gasteiger partial charge on any atom is 0.188 e. The summed E-state index contributed by atoms with van der Waals surface area (Å²) in [5, 5.41) is -0.208. The second kappa shape index (κ2) is 5.88. The maximum absolute atomic E-state index is 14.0. The minimum Gasteiger partial charge on any atom is -0.494 e. The molecule has 0 aliphatic heterocycles. The standard InChI is InChI=1S/C14H14ClFN2O2/c1-2-19-8-3-5-9(6-4-8)20-14-11(18)7-10(17)12(15)13(14)16/h3-7H,2,17-18H2,1H3. The third kappa shape index (κ3) is 2.88. The van der Waals surface area contributed by atoms with Crippen molar-refractivity contribution < 1.29 is 13.9 Å². The molecule has 6 heteroatoms. The van der Waals surface area contributed by atoms with Crippen molar-refractivity contribution in [3.63, 3.8) is 0 Å². The van der Waals surface area contributed by atoms with E-state index in [2.05, 4.69) is 0 Å². The molecular formula is C14H14ClFN2O2. The Morgan fingerprint density at radius 1 is 1.10 bits per heavy atom. The summed E-state index contributed by atoms with van der Waals surface area (Å²) in [4.78, 5) is 0. The van der Waals surface area contributed by atoms with Gasteiger partial charge in [-0.1, -0.05) is 11.6 Å². The largest absolute Gasteiger partial charge is 0.494 e. The van der Waals surface area contributed by atoms with Crippen LogP contribution in [-0.4, -0.2) is 6.61 Å². The fourth-order valence-corrected chi connectivity index (χ4v) is 1.78. The summed E-state index contributed by atoms with van der Waals surface area (Å²) in [5.74, 6) is 0.190. The number of hydrogen-bond donors (Lipinski definition) is 2. The van der Waals surface area contributed by atoms with Gasteiger partial charge in [-0.2, -0.15) is 0 Å². The molecule has 2 aromatic carbocycles. The third-order valence-corrected chi connectivity index (χ3v) is 2.96. The highest BCUT2D eigenvalue weighted by atomic mass is 35.5. The smallest absolute Gasteiger partial charge is 0.188 e. The number of benzene rings is 2. The van der Waals surface area contributed by atoms with Gasteiger partial charge < -0.3 is 20.9 Å². The molecule has 0 unspecified atom stereocenters. The Morgan fingerprint density at radius 3 is 2.30 bits per heavy atom. The zero-order valence-electron chi connectivity index (χ0n) is 10.8. The van der Waals surface area contributed by atoms with E-state index in [1.807, 2.05) is 6.92 Å². The molecule has 2 rings (SSSR count). The van der Waals surface area contributed by atoms with E-state index in [1.165, 1.54) is 6.07 Å². The van der Waals surface area contributed by atoms with Crippen LogP contribution in [0.3, 0.4) is 0 Å². The Hall–Kier alpha value is -2.14. The van der Waals surface area contributed by atoms with Gasteiger partial charge in [-0.3, -0.25) is 0 Å². The number of rotatable bonds is 4. The van der Waals surface area contributed by atoms with Crippen LogP contribution in [0.4, 0.5) is 15.8 Å². The van der Waals surface area contributed by atoms with E-state index in [1.54, 1.807) is 24.3 Å². The molecule has 0 aromatic heterocycles. The summed E-state index contributed by atoms with van der Waals surface area (Å²) in [5.41, 5.74) is 11.4. The van der Waals surface area contributed by atoms with Crippen LogP contribution in [0, 0.1) is 5.82 Å². The minimum absolute atomic E-state index is 0.0701. The molecule has 0 heterocycles. The van der Waals surface area contributed by atoms with E-state index < -0.39 is 5.82 Å². The zero-order chi connectivity index (χ0) is 14.7. The van der Waals surface area contributed by atoms with Gasteiger partial charge in [-0.05, 0) is 37.3 Å². The van der Waals surface area contributed by atoms with Gasteiger partial charge in [-0.15, -0.1) is 0 Å². The van der Waals surface area contributed by atoms with Crippen LogP contribution >= 0.6 is 11.6 Å². The summed E-state index contributed by atoms with van der Waals surface area (Å²) in [6.45, 7) is 2.45. The Labute approximate surface area is 121 Å². The van der Waals surface area contributed by atoms with E-state index in [4.69, 9.17) is 32.5 Å². The molecule has 4 N–H and O–H groups in total. The monoisotopic (exact) mass is 296 g/mol. The molecule has 0 bridgehead atoms. The van der Waals surface area contributed by atoms with Crippen LogP contribution in [0.5, 0.6) is 17.2 Å². The van der Waals surface area contributed by atoms with Crippen molar-refractivity contribution in [2.75, 3.05) is 18.1 Å². The highest BCUT2D eigenvalue weighted by Gasteiger charge is 2.16. The lowest BCUT2D eigenvalue weighted by molar-refractivity contribution is 0.339. The molecule has 0 fully saturated rings. The van der Waals surface area contributed by atoms with Crippen molar-refractivity contribution in [1.82, 2.24) is 0 Å². The quantitative estimate of drug-likeness (QED) is 0.841. The van der Waals surface area contributed by atoms with Gasteiger partial charge in [0.1, 0.15) is 16.5 Å². The van der Waals surface area contributed by atoms with Crippen molar-refractivity contribution in [2.45, 2.75) is 6.92 Å². The number of ether oxygens (including phenoxy) is 2. The Bertz CT molecular complexity index is 618. The van der Waals surface area contributed by atoms with Crippen molar-refractivity contribution in [3.8, 4) is 17.2 Å². The Kier molecular flexibility index (Phi) is 4.20. The van der Waals surface area contributed by atoms with Gasteiger partial charge in [0.2, 0.25) is 0 Å². The van der Waals surface area contributed by atoms with Crippen molar-refractivity contribution in [3.05, 3.63) is 41.2 Å². The molecule has 0 saturated carbocycles. The molecule has 2 aromatic rings. The van der Waals surface area contributed by atoms with Gasteiger partial charge in [0.25, 0.3) is 0 Å². The van der Waals surface area contributed by atoms with Gasteiger partial charge in [0.05, 0.1) is 18.0 Å². The number of nitrogens with two attached hydrogens (primary N) is 2. The molecule has 0 radical (unpaired) electrons. The average molecular weight is 297 g/mol. The van der Waals surface area contributed by atoms with Crippen LogP contribution in [0.15, 0.2) is 30.3 Å². The predicted molar refractivity (Wildman–Crippen MR) is 77.9 cm³/mol. The first-order valence-corrected chi connectivity index (χ1v) is 6.34. The molecule has 0 spiro atoms. The number of nitrogen functional groups attached to an aromatic ring is 2. The van der Waals surface area contributed by atoms with Gasteiger partial charge >= 0.3 is 0 Å². The molecule has 4 nitrogen and oxygen atoms in total. The van der Waals surface area contributed by atoms with E-state index in [-0.39, 0.29) is 22.1 Å². The molecule has 20 heavy (non-hydrogen) atoms. The Balaban J connectivity index is 2.28. The average Bonchev–Trinajstić information content (AvgIpc) is 2.43. The van der Waals surface area contributed by atoms with Gasteiger partial charge in [0, 0.05) is 0 Å². The summed E-state index contributed by atoms with van der Waals surface area (Å²) >= 11 is 5.73. The summed E-state index contributed by atoms with van der Waals surface area (Å²) < 4.78 is 24.7. The second-order valence-electron chi connectivity index (χ2n) is 4.02. The SMILES string of the molecule is CCOc1ccc(Oc2c(N)cc(N)c(Cl)c2F)cc1. The first kappa shape index (κ1) is 14.3. The first-order valence-electron chi connectivity index (χ1n) is 5.96. The molecular weight excluding hydrogens is 283 g/mol. The molecule has 0 amide bonds. The van der Waals surface area contributed by atoms with Gasteiger partial charge in [-0.25, -0.2) is 4.39 Å². The third-order valence-electron chi connectivity index (χ3n) is 2.57. The zero-order valence-corrected chi connectivity index (χ0v) is 11.6. The fourth-order valence-electron chi connectivity index (χ4n) is 1.64. The van der Waals surface area contributed by atoms with E-state index in [0.29, 0.717) is 18.1 Å². The van der Waals surface area contributed by atoms with Crippen LogP contribution in [0.2, 0.25) is 5.02 Å². The molecule has 0 aliphatic carbocycles. The number of hydrogen-bond acceptors (Lipinski definition) is 4. The lowest BCUT2D eigenvalue weighted by Gasteiger charge is -2.12. The lowest BCUT2D eigenvalue weighted by Crippen LogP contribution is -1.99. The normalized spacial score (nSPS) is 10.3. The second-order valence-corrected chi connectivity index (χ2v) is 4.40. The number of anilines is 2. The van der Waals surface area contributed by atoms with E-state index in [0.717, 1.165) is 0 Å². The van der Waals surface area contributed by atoms with Crippen LogP contribution in [0.25, 0.3) is 0 Å². The highest BCUT2D eigenvalue weighted by molar-refractivity contribution is 6.33. The Morgan fingerprint density at radius 2 is 1.70 bits per heavy atom. The molecule has 0 aliphatic rings. The van der Waals surface area contributed by atoms with Gasteiger partial charge in [0.15, 0.2) is 11.6 Å². The molecule has 0 atom stereocenters. The van der Waals surface area contributed by atoms with Crippen LogP contribution in [-0.2, 0) is 0 Å². The maximum atomic E-state index is 14.0. The van der Waals surface area contributed by atoms with Crippen molar-refractivity contribution in [1.29, 1.82) is 0 Å². The van der Waals surface area contributed by atoms with Crippen molar-refractivity contribution >= 4 is 23.0 Å². The van der Waals surface area contributed by atoms with Crippen LogP contribution in [0.1, 0.15) is 6.92 Å². The van der Waals surface area contributed by atoms with Crippen molar-refractivity contribution in [2.24, 2.45) is 0 Å². The highest BCUT2D eigenvalue weighted by Crippen LogP contribution is 2.38. The summed E-state index contributed by atoms with van der Waals surface area (Å²) in [6, 6.07) is 8.08. The predicted octanol–water partition coefficient (Wildman–Crippen LogP) is 3.83. The fraction of sp³-hybridized carbons (Fsp3) is 0.143. The lowest BCUT2D eigenvalue weighted by atomic mass is 10.2. The van der Waals surface area contributed by atoms with Crippen LogP contribution < -0.4 is 20.9 Å². The minimum atomic E-state index is -0.780. The molecule has 0 saturated heterocycles. The summed E-state index contributed by atoms with van der Waals surface area (Å²) in [6.07, 6.45) is 0. The first-order chi connectivity index (χ1) is 9.52. The topological polar surface area (TPSA) is 70.5 Å². The number of halogens is 2. The van der Waals surface area contributed by atoms with E-state index in [9.17, 15) is 4.39 Å².